The molecule has 0 radical (unpaired) electrons. The molecule has 4 rings (SSSR count). The zero-order chi connectivity index (χ0) is 13.3. The van der Waals surface area contributed by atoms with Crippen LogP contribution in [0.15, 0.2) is 30.3 Å². The number of hydrogen-bond acceptors (Lipinski definition) is 2. The van der Waals surface area contributed by atoms with Crippen molar-refractivity contribution in [3.05, 3.63) is 35.9 Å². The summed E-state index contributed by atoms with van der Waals surface area (Å²) in [5.74, 6) is 0.424. The standard InChI is InChI=1S/C16H22NO2.BrH/c1-2-17-10-8-13(9-11-17)15(12-17)19-16(18)14-6-4-3-5-7-14;/h3-7,13,15H,2,8-12H2,1H3;1H/q+1;/p-1. The zero-order valence-electron chi connectivity index (χ0n) is 11.9. The maximum atomic E-state index is 12.2. The van der Waals surface area contributed by atoms with Gasteiger partial charge in [-0.05, 0) is 19.1 Å². The van der Waals surface area contributed by atoms with E-state index in [2.05, 4.69) is 6.92 Å². The zero-order valence-corrected chi connectivity index (χ0v) is 13.5. The van der Waals surface area contributed by atoms with Crippen molar-refractivity contribution in [2.75, 3.05) is 26.2 Å². The quantitative estimate of drug-likeness (QED) is 0.547. The van der Waals surface area contributed by atoms with Crippen molar-refractivity contribution < 1.29 is 31.0 Å². The summed E-state index contributed by atoms with van der Waals surface area (Å²) >= 11 is 0. The van der Waals surface area contributed by atoms with Crippen LogP contribution in [-0.4, -0.2) is 42.7 Å². The fourth-order valence-corrected chi connectivity index (χ4v) is 3.58. The van der Waals surface area contributed by atoms with E-state index in [1.807, 2.05) is 30.3 Å². The Hall–Kier alpha value is -0.870. The van der Waals surface area contributed by atoms with Gasteiger partial charge in [0, 0.05) is 18.8 Å². The second kappa shape index (κ2) is 6.27. The number of quaternary nitrogens is 1. The van der Waals surface area contributed by atoms with Gasteiger partial charge in [-0.3, -0.25) is 0 Å². The number of fused-ring (bicyclic) bond motifs is 3. The number of hydrogen-bond donors (Lipinski definition) is 0. The molecule has 0 amide bonds. The number of carbonyl (C=O) groups is 1. The fraction of sp³-hybridized carbons (Fsp3) is 0.562. The highest BCUT2D eigenvalue weighted by molar-refractivity contribution is 5.89. The van der Waals surface area contributed by atoms with E-state index in [1.54, 1.807) is 0 Å². The molecule has 3 heterocycles. The molecule has 2 bridgehead atoms. The monoisotopic (exact) mass is 339 g/mol. The molecule has 3 aliphatic heterocycles. The molecule has 0 aromatic heterocycles. The normalized spacial score (nSPS) is 31.4. The number of nitrogens with zero attached hydrogens (tertiary/aromatic N) is 1. The fourth-order valence-electron chi connectivity index (χ4n) is 3.58. The maximum absolute atomic E-state index is 12.2. The minimum absolute atomic E-state index is 0. The van der Waals surface area contributed by atoms with Crippen molar-refractivity contribution in [3.63, 3.8) is 0 Å². The molecule has 1 atom stereocenters. The lowest BCUT2D eigenvalue weighted by molar-refractivity contribution is -0.944. The first-order valence-electron chi connectivity index (χ1n) is 7.33. The lowest BCUT2D eigenvalue weighted by atomic mass is 9.83. The highest BCUT2D eigenvalue weighted by atomic mass is 79.9. The van der Waals surface area contributed by atoms with Crippen molar-refractivity contribution in [1.82, 2.24) is 0 Å². The number of likely N-dealkylation sites (N-methyl/N-ethyl adjacent to an activating group) is 1. The van der Waals surface area contributed by atoms with Gasteiger partial charge in [0.25, 0.3) is 0 Å². The minimum Gasteiger partial charge on any atom is -1.00 e. The number of halogens is 1. The average molecular weight is 340 g/mol. The number of rotatable bonds is 3. The van der Waals surface area contributed by atoms with Crippen LogP contribution in [0, 0.1) is 5.92 Å². The lowest BCUT2D eigenvalue weighted by Crippen LogP contribution is -3.00. The van der Waals surface area contributed by atoms with Gasteiger partial charge in [0.15, 0.2) is 6.10 Å². The molecule has 3 nitrogen and oxygen atoms in total. The number of benzene rings is 1. The molecule has 0 N–H and O–H groups in total. The predicted octanol–water partition coefficient (Wildman–Crippen LogP) is -0.524. The van der Waals surface area contributed by atoms with Gasteiger partial charge in [-0.2, -0.15) is 0 Å². The largest absolute Gasteiger partial charge is 1.00 e. The van der Waals surface area contributed by atoms with Crippen LogP contribution in [0.3, 0.4) is 0 Å². The van der Waals surface area contributed by atoms with Crippen molar-refractivity contribution in [1.29, 1.82) is 0 Å². The Bertz CT molecular complexity index is 455. The number of carbonyl (C=O) groups excluding carboxylic acids is 1. The maximum Gasteiger partial charge on any atom is 0.338 e. The highest BCUT2D eigenvalue weighted by Crippen LogP contribution is 2.35. The minimum atomic E-state index is -0.159. The first-order chi connectivity index (χ1) is 9.22. The van der Waals surface area contributed by atoms with Gasteiger partial charge in [0.2, 0.25) is 0 Å². The van der Waals surface area contributed by atoms with E-state index in [0.717, 1.165) is 17.6 Å². The number of ether oxygens (including phenoxy) is 1. The summed E-state index contributed by atoms with van der Waals surface area (Å²) < 4.78 is 6.93. The molecule has 1 aromatic carbocycles. The van der Waals surface area contributed by atoms with Crippen LogP contribution in [0.4, 0.5) is 0 Å². The highest BCUT2D eigenvalue weighted by Gasteiger charge is 2.46. The Morgan fingerprint density at radius 3 is 2.50 bits per heavy atom. The second-order valence-electron chi connectivity index (χ2n) is 5.93. The molecule has 110 valence electrons. The van der Waals surface area contributed by atoms with Gasteiger partial charge in [0.1, 0.15) is 6.54 Å². The Labute approximate surface area is 131 Å². The lowest BCUT2D eigenvalue weighted by Gasteiger charge is -2.51. The van der Waals surface area contributed by atoms with Gasteiger partial charge in [-0.1, -0.05) is 18.2 Å². The summed E-state index contributed by atoms with van der Waals surface area (Å²) in [5, 5.41) is 0. The number of piperidine rings is 3. The van der Waals surface area contributed by atoms with Crippen molar-refractivity contribution in [2.24, 2.45) is 5.92 Å². The predicted molar refractivity (Wildman–Crippen MR) is 73.8 cm³/mol. The summed E-state index contributed by atoms with van der Waals surface area (Å²) in [5.41, 5.74) is 0.669. The van der Waals surface area contributed by atoms with E-state index in [-0.39, 0.29) is 29.1 Å². The van der Waals surface area contributed by atoms with Gasteiger partial charge < -0.3 is 26.2 Å². The van der Waals surface area contributed by atoms with Crippen LogP contribution in [0.25, 0.3) is 0 Å². The SMILES string of the molecule is CC[N+]12CCC(CC1)C(OC(=O)c1ccccc1)C2.[Br-]. The molecule has 3 aliphatic rings. The van der Waals surface area contributed by atoms with Crippen LogP contribution >= 0.6 is 0 Å². The summed E-state index contributed by atoms with van der Waals surface area (Å²) in [6.07, 6.45) is 2.54. The molecular weight excluding hydrogens is 318 g/mol. The average Bonchev–Trinajstić information content (AvgIpc) is 2.49. The Morgan fingerprint density at radius 2 is 1.90 bits per heavy atom. The van der Waals surface area contributed by atoms with E-state index >= 15 is 0 Å². The summed E-state index contributed by atoms with van der Waals surface area (Å²) in [7, 11) is 0. The molecular formula is C16H22BrNO2. The Kier molecular flexibility index (Phi) is 4.86. The first kappa shape index (κ1) is 15.5. The van der Waals surface area contributed by atoms with Crippen LogP contribution in [0.5, 0.6) is 0 Å². The van der Waals surface area contributed by atoms with Crippen LogP contribution in [-0.2, 0) is 4.74 Å². The molecule has 4 heteroatoms. The summed E-state index contributed by atoms with van der Waals surface area (Å²) in [6, 6.07) is 9.34. The molecule has 3 saturated heterocycles. The molecule has 0 saturated carbocycles. The van der Waals surface area contributed by atoms with Crippen molar-refractivity contribution in [2.45, 2.75) is 25.9 Å². The molecule has 3 fully saturated rings. The van der Waals surface area contributed by atoms with Gasteiger partial charge in [-0.25, -0.2) is 4.79 Å². The van der Waals surface area contributed by atoms with Gasteiger partial charge >= 0.3 is 5.97 Å². The van der Waals surface area contributed by atoms with Crippen molar-refractivity contribution >= 4 is 5.97 Å². The topological polar surface area (TPSA) is 26.3 Å². The first-order valence-corrected chi connectivity index (χ1v) is 7.33. The van der Waals surface area contributed by atoms with E-state index in [9.17, 15) is 4.79 Å². The molecule has 20 heavy (non-hydrogen) atoms. The summed E-state index contributed by atoms with van der Waals surface area (Å²) in [6.45, 7) is 6.95. The van der Waals surface area contributed by atoms with Gasteiger partial charge in [-0.15, -0.1) is 0 Å². The van der Waals surface area contributed by atoms with Crippen LogP contribution in [0.2, 0.25) is 0 Å². The Balaban J connectivity index is 0.00000147. The van der Waals surface area contributed by atoms with Crippen LogP contribution < -0.4 is 17.0 Å². The molecule has 0 aliphatic carbocycles. The number of esters is 1. The Morgan fingerprint density at radius 1 is 1.25 bits per heavy atom. The van der Waals surface area contributed by atoms with Crippen LogP contribution in [0.1, 0.15) is 30.1 Å². The molecule has 0 spiro atoms. The van der Waals surface area contributed by atoms with E-state index in [0.29, 0.717) is 11.5 Å². The smallest absolute Gasteiger partial charge is 0.338 e. The van der Waals surface area contributed by atoms with Gasteiger partial charge in [0.05, 0.1) is 25.2 Å². The van der Waals surface area contributed by atoms with E-state index in [4.69, 9.17) is 4.74 Å². The van der Waals surface area contributed by atoms with E-state index < -0.39 is 0 Å². The third-order valence-corrected chi connectivity index (χ3v) is 4.98. The third kappa shape index (κ3) is 2.91. The third-order valence-electron chi connectivity index (χ3n) is 4.98. The van der Waals surface area contributed by atoms with E-state index in [1.165, 1.54) is 25.9 Å². The second-order valence-corrected chi connectivity index (χ2v) is 5.93. The molecule has 1 unspecified atom stereocenters. The summed E-state index contributed by atoms with van der Waals surface area (Å²) in [4.78, 5) is 12.2. The molecule has 1 aromatic rings. The van der Waals surface area contributed by atoms with Crippen molar-refractivity contribution in [3.8, 4) is 0 Å².